The van der Waals surface area contributed by atoms with Crippen molar-refractivity contribution in [3.63, 3.8) is 0 Å². The fraction of sp³-hybridized carbons (Fsp3) is 0.429. The van der Waals surface area contributed by atoms with E-state index in [1.165, 1.54) is 23.5 Å². The molecule has 1 saturated heterocycles. The van der Waals surface area contributed by atoms with E-state index < -0.39 is 45.6 Å². The van der Waals surface area contributed by atoms with Gasteiger partial charge in [-0.1, -0.05) is 25.0 Å². The molecule has 2 aliphatic rings. The number of carbonyl (C=O) groups excluding carboxylic acids is 1. The summed E-state index contributed by atoms with van der Waals surface area (Å²) in [6.07, 6.45) is -1.60. The zero-order chi connectivity index (χ0) is 30.1. The third-order valence-corrected chi connectivity index (χ3v) is 10.4. The van der Waals surface area contributed by atoms with Gasteiger partial charge in [0.25, 0.3) is 0 Å². The number of sulfone groups is 1. The molecule has 14 heteroatoms. The summed E-state index contributed by atoms with van der Waals surface area (Å²) < 4.78 is 77.0. The Balaban J connectivity index is 1.50. The van der Waals surface area contributed by atoms with Gasteiger partial charge in [-0.15, -0.1) is 11.3 Å². The number of anilines is 1. The van der Waals surface area contributed by atoms with Crippen LogP contribution in [0, 0.1) is 23.1 Å². The summed E-state index contributed by atoms with van der Waals surface area (Å²) in [6.45, 7) is 0.767. The molecular formula is C28H27F4N5O3S2. The SMILES string of the molecule is N#CC(NC(=O)C1CCCC[C@H]1c1nc(-c2ccc(F)cn2)sc1-c1ccc(N2CCS(=O)(=O)CC2)cc1)C(F)(F)F. The van der Waals surface area contributed by atoms with Gasteiger partial charge in [-0.05, 0) is 42.7 Å². The van der Waals surface area contributed by atoms with Gasteiger partial charge in [-0.2, -0.15) is 18.4 Å². The molecule has 1 aliphatic heterocycles. The Morgan fingerprint density at radius 3 is 2.40 bits per heavy atom. The molecule has 0 spiro atoms. The lowest BCUT2D eigenvalue weighted by Crippen LogP contribution is -2.48. The van der Waals surface area contributed by atoms with Crippen molar-refractivity contribution < 1.29 is 30.8 Å². The number of benzene rings is 1. The largest absolute Gasteiger partial charge is 0.422 e. The van der Waals surface area contributed by atoms with E-state index in [1.54, 1.807) is 0 Å². The maximum absolute atomic E-state index is 13.6. The number of halogens is 4. The van der Waals surface area contributed by atoms with Crippen LogP contribution < -0.4 is 10.2 Å². The average Bonchev–Trinajstić information content (AvgIpc) is 3.41. The van der Waals surface area contributed by atoms with E-state index in [-0.39, 0.29) is 11.5 Å². The van der Waals surface area contributed by atoms with E-state index in [0.717, 1.165) is 29.9 Å². The molecule has 1 amide bonds. The van der Waals surface area contributed by atoms with Crippen LogP contribution in [0.4, 0.5) is 23.2 Å². The second-order valence-electron chi connectivity index (χ2n) is 10.4. The summed E-state index contributed by atoms with van der Waals surface area (Å²) in [5, 5.41) is 11.4. The smallest absolute Gasteiger partial charge is 0.369 e. The van der Waals surface area contributed by atoms with Crippen LogP contribution in [0.15, 0.2) is 42.6 Å². The monoisotopic (exact) mass is 621 g/mol. The quantitative estimate of drug-likeness (QED) is 0.381. The molecule has 2 aromatic heterocycles. The first kappa shape index (κ1) is 29.9. The first-order valence-corrected chi connectivity index (χ1v) is 16.0. The number of pyridine rings is 1. The number of carbonyl (C=O) groups is 1. The van der Waals surface area contributed by atoms with Crippen molar-refractivity contribution >= 4 is 32.8 Å². The highest BCUT2D eigenvalue weighted by Gasteiger charge is 2.44. The Hall–Kier alpha value is -3.57. The van der Waals surface area contributed by atoms with Crippen LogP contribution in [0.25, 0.3) is 21.1 Å². The molecular weight excluding hydrogens is 594 g/mol. The molecule has 3 atom stereocenters. The summed E-state index contributed by atoms with van der Waals surface area (Å²) in [6, 6.07) is 8.73. The normalized spacial score (nSPS) is 21.4. The van der Waals surface area contributed by atoms with Gasteiger partial charge in [0.05, 0.1) is 40.0 Å². The molecule has 2 unspecified atom stereocenters. The molecule has 1 saturated carbocycles. The first-order valence-electron chi connectivity index (χ1n) is 13.4. The summed E-state index contributed by atoms with van der Waals surface area (Å²) in [5.41, 5.74) is 2.57. The number of aromatic nitrogens is 2. The number of thiazole rings is 1. The highest BCUT2D eigenvalue weighted by Crippen LogP contribution is 2.46. The van der Waals surface area contributed by atoms with Gasteiger partial charge >= 0.3 is 6.18 Å². The van der Waals surface area contributed by atoms with Crippen molar-refractivity contribution in [1.29, 1.82) is 5.26 Å². The van der Waals surface area contributed by atoms with E-state index in [1.807, 2.05) is 34.5 Å². The van der Waals surface area contributed by atoms with E-state index in [4.69, 9.17) is 10.2 Å². The number of hydrogen-bond acceptors (Lipinski definition) is 8. The maximum Gasteiger partial charge on any atom is 0.422 e. The molecule has 1 aliphatic carbocycles. The molecule has 222 valence electrons. The Kier molecular flexibility index (Phi) is 8.52. The zero-order valence-corrected chi connectivity index (χ0v) is 23.9. The molecule has 3 heterocycles. The summed E-state index contributed by atoms with van der Waals surface area (Å²) in [7, 11) is -3.04. The maximum atomic E-state index is 13.6. The number of nitrogens with zero attached hydrogens (tertiary/aromatic N) is 4. The zero-order valence-electron chi connectivity index (χ0n) is 22.3. The Morgan fingerprint density at radius 2 is 1.79 bits per heavy atom. The van der Waals surface area contributed by atoms with Crippen LogP contribution in [0.5, 0.6) is 0 Å². The van der Waals surface area contributed by atoms with Crippen molar-refractivity contribution in [2.24, 2.45) is 5.92 Å². The van der Waals surface area contributed by atoms with Crippen molar-refractivity contribution in [3.05, 3.63) is 54.1 Å². The number of rotatable bonds is 6. The minimum absolute atomic E-state index is 0.0773. The van der Waals surface area contributed by atoms with E-state index in [9.17, 15) is 30.8 Å². The lowest BCUT2D eigenvalue weighted by atomic mass is 9.76. The fourth-order valence-corrected chi connectivity index (χ4v) is 7.72. The molecule has 42 heavy (non-hydrogen) atoms. The van der Waals surface area contributed by atoms with Crippen LogP contribution in [-0.4, -0.2) is 61.1 Å². The molecule has 1 N–H and O–H groups in total. The van der Waals surface area contributed by atoms with Gasteiger partial charge in [0.1, 0.15) is 10.8 Å². The molecule has 2 fully saturated rings. The van der Waals surface area contributed by atoms with Gasteiger partial charge in [0.2, 0.25) is 11.9 Å². The fourth-order valence-electron chi connectivity index (χ4n) is 5.40. The van der Waals surface area contributed by atoms with Crippen LogP contribution in [0.3, 0.4) is 0 Å². The summed E-state index contributed by atoms with van der Waals surface area (Å²) in [5.74, 6) is -2.56. The number of amides is 1. The number of nitriles is 1. The lowest BCUT2D eigenvalue weighted by molar-refractivity contribution is -0.153. The summed E-state index contributed by atoms with van der Waals surface area (Å²) in [4.78, 5) is 24.8. The van der Waals surface area contributed by atoms with Crippen molar-refractivity contribution in [3.8, 4) is 27.2 Å². The number of alkyl halides is 3. The third kappa shape index (κ3) is 6.57. The Bertz CT molecular complexity index is 1570. The first-order chi connectivity index (χ1) is 19.9. The predicted molar refractivity (Wildman–Crippen MR) is 150 cm³/mol. The molecule has 0 bridgehead atoms. The molecule has 0 radical (unpaired) electrons. The molecule has 3 aromatic rings. The van der Waals surface area contributed by atoms with E-state index >= 15 is 0 Å². The Morgan fingerprint density at radius 1 is 1.10 bits per heavy atom. The van der Waals surface area contributed by atoms with E-state index in [0.29, 0.717) is 53.6 Å². The topological polar surface area (TPSA) is 116 Å². The number of nitrogens with one attached hydrogen (secondary N) is 1. The standard InChI is InChI=1S/C28H27F4N5O3S2/c29-18-7-10-22(34-16-18)27-36-24(20-3-1-2-4-21(20)26(38)35-23(15-33)28(30,31)32)25(41-27)17-5-8-19(9-6-17)37-11-13-42(39,40)14-12-37/h5-10,16,20-21,23H,1-4,11-14H2,(H,35,38)/t20-,21?,23?/m1/s1. The third-order valence-electron chi connectivity index (χ3n) is 7.64. The van der Waals surface area contributed by atoms with Crippen molar-refractivity contribution in [2.75, 3.05) is 29.5 Å². The lowest BCUT2D eigenvalue weighted by Gasteiger charge is -2.31. The van der Waals surface area contributed by atoms with Crippen LogP contribution in [0.2, 0.25) is 0 Å². The van der Waals surface area contributed by atoms with Crippen molar-refractivity contribution in [1.82, 2.24) is 15.3 Å². The van der Waals surface area contributed by atoms with Crippen LogP contribution >= 0.6 is 11.3 Å². The van der Waals surface area contributed by atoms with Crippen LogP contribution in [0.1, 0.15) is 37.3 Å². The number of hydrogen-bond donors (Lipinski definition) is 1. The van der Waals surface area contributed by atoms with Gasteiger partial charge < -0.3 is 10.2 Å². The molecule has 8 nitrogen and oxygen atoms in total. The predicted octanol–water partition coefficient (Wildman–Crippen LogP) is 5.09. The van der Waals surface area contributed by atoms with Crippen LogP contribution in [-0.2, 0) is 14.6 Å². The highest BCUT2D eigenvalue weighted by atomic mass is 32.2. The van der Waals surface area contributed by atoms with Gasteiger partial charge in [-0.25, -0.2) is 17.8 Å². The highest BCUT2D eigenvalue weighted by molar-refractivity contribution is 7.91. The second-order valence-corrected chi connectivity index (χ2v) is 13.7. The minimum Gasteiger partial charge on any atom is -0.369 e. The van der Waals surface area contributed by atoms with Gasteiger partial charge in [0, 0.05) is 30.6 Å². The average molecular weight is 622 g/mol. The second kappa shape index (κ2) is 12.0. The van der Waals surface area contributed by atoms with Gasteiger partial charge in [-0.3, -0.25) is 9.78 Å². The Labute approximate surface area is 244 Å². The molecule has 1 aromatic carbocycles. The minimum atomic E-state index is -4.90. The van der Waals surface area contributed by atoms with E-state index in [2.05, 4.69) is 4.98 Å². The molecule has 5 rings (SSSR count). The van der Waals surface area contributed by atoms with Gasteiger partial charge in [0.15, 0.2) is 9.84 Å². The summed E-state index contributed by atoms with van der Waals surface area (Å²) >= 11 is 1.29. The van der Waals surface area contributed by atoms with Crippen molar-refractivity contribution in [2.45, 2.75) is 43.8 Å².